The number of piperidine rings is 1. The molecule has 2 atom stereocenters. The van der Waals surface area contributed by atoms with Crippen molar-refractivity contribution in [3.8, 4) is 0 Å². The van der Waals surface area contributed by atoms with Crippen molar-refractivity contribution in [2.45, 2.75) is 72.3 Å². The second-order valence-electron chi connectivity index (χ2n) is 8.41. The molecule has 21 heavy (non-hydrogen) atoms. The van der Waals surface area contributed by atoms with E-state index in [9.17, 15) is 4.79 Å². The van der Waals surface area contributed by atoms with Crippen LogP contribution in [-0.4, -0.2) is 25.0 Å². The van der Waals surface area contributed by atoms with Crippen LogP contribution >= 0.6 is 0 Å². The van der Waals surface area contributed by atoms with Crippen LogP contribution in [0.1, 0.15) is 66.2 Å². The van der Waals surface area contributed by atoms with Crippen LogP contribution in [0.25, 0.3) is 0 Å². The van der Waals surface area contributed by atoms with Crippen molar-refractivity contribution in [1.29, 1.82) is 0 Å². The fourth-order valence-corrected chi connectivity index (χ4v) is 3.84. The predicted molar refractivity (Wildman–Crippen MR) is 88.1 cm³/mol. The molecule has 1 saturated carbocycles. The third-order valence-corrected chi connectivity index (χ3v) is 5.65. The van der Waals surface area contributed by atoms with Gasteiger partial charge in [-0.1, -0.05) is 20.8 Å². The van der Waals surface area contributed by atoms with Crippen molar-refractivity contribution in [2.75, 3.05) is 13.1 Å². The largest absolute Gasteiger partial charge is 0.356 e. The zero-order chi connectivity index (χ0) is 15.5. The fourth-order valence-electron chi connectivity index (χ4n) is 3.84. The van der Waals surface area contributed by atoms with E-state index in [1.807, 2.05) is 0 Å². The molecule has 2 N–H and O–H groups in total. The van der Waals surface area contributed by atoms with Crippen LogP contribution < -0.4 is 10.6 Å². The van der Waals surface area contributed by atoms with Crippen molar-refractivity contribution in [2.24, 2.45) is 23.2 Å². The standard InChI is InChI=1S/C18H34N2O/c1-13-5-6-14(11-19-13)12-20-17(21)15-7-9-16(10-8-15)18(2,3)4/h13-16,19H,5-12H2,1-4H3,(H,20,21). The smallest absolute Gasteiger partial charge is 0.223 e. The highest BCUT2D eigenvalue weighted by Gasteiger charge is 2.32. The van der Waals surface area contributed by atoms with Gasteiger partial charge < -0.3 is 10.6 Å². The summed E-state index contributed by atoms with van der Waals surface area (Å²) >= 11 is 0. The molecule has 2 aliphatic rings. The average molecular weight is 294 g/mol. The van der Waals surface area contributed by atoms with Crippen molar-refractivity contribution < 1.29 is 4.79 Å². The van der Waals surface area contributed by atoms with Crippen molar-refractivity contribution in [1.82, 2.24) is 10.6 Å². The van der Waals surface area contributed by atoms with E-state index in [1.54, 1.807) is 0 Å². The summed E-state index contributed by atoms with van der Waals surface area (Å²) in [6, 6.07) is 0.643. The molecule has 1 aliphatic heterocycles. The maximum atomic E-state index is 12.3. The number of nitrogens with one attached hydrogen (secondary N) is 2. The lowest BCUT2D eigenvalue weighted by Crippen LogP contribution is -2.43. The van der Waals surface area contributed by atoms with Gasteiger partial charge in [-0.05, 0) is 69.2 Å². The lowest BCUT2D eigenvalue weighted by Gasteiger charge is -2.36. The first-order valence-electron chi connectivity index (χ1n) is 8.87. The van der Waals surface area contributed by atoms with E-state index < -0.39 is 0 Å². The van der Waals surface area contributed by atoms with Gasteiger partial charge in [0, 0.05) is 18.5 Å². The Morgan fingerprint density at radius 2 is 1.76 bits per heavy atom. The molecule has 3 nitrogen and oxygen atoms in total. The van der Waals surface area contributed by atoms with Crippen LogP contribution in [0.15, 0.2) is 0 Å². The molecule has 0 radical (unpaired) electrons. The molecule has 0 spiro atoms. The normalized spacial score (nSPS) is 34.5. The molecule has 122 valence electrons. The fraction of sp³-hybridized carbons (Fsp3) is 0.944. The molecule has 0 aromatic heterocycles. The second-order valence-corrected chi connectivity index (χ2v) is 8.41. The SMILES string of the molecule is CC1CCC(CNC(=O)C2CCC(C(C)(C)C)CC2)CN1. The first-order valence-corrected chi connectivity index (χ1v) is 8.87. The summed E-state index contributed by atoms with van der Waals surface area (Å²) in [6.45, 7) is 11.1. The molecule has 0 aromatic carbocycles. The van der Waals surface area contributed by atoms with Gasteiger partial charge in [0.1, 0.15) is 0 Å². The second kappa shape index (κ2) is 7.13. The lowest BCUT2D eigenvalue weighted by molar-refractivity contribution is -0.126. The van der Waals surface area contributed by atoms with Crippen molar-refractivity contribution >= 4 is 5.91 Å². The number of hydrogen-bond donors (Lipinski definition) is 2. The molecular weight excluding hydrogens is 260 g/mol. The highest BCUT2D eigenvalue weighted by atomic mass is 16.1. The quantitative estimate of drug-likeness (QED) is 0.838. The van der Waals surface area contributed by atoms with E-state index in [4.69, 9.17) is 0 Å². The highest BCUT2D eigenvalue weighted by Crippen LogP contribution is 2.39. The van der Waals surface area contributed by atoms with Gasteiger partial charge in [-0.15, -0.1) is 0 Å². The Morgan fingerprint density at radius 3 is 2.29 bits per heavy atom. The molecule has 0 bridgehead atoms. The van der Waals surface area contributed by atoms with Gasteiger partial charge >= 0.3 is 0 Å². The van der Waals surface area contributed by atoms with Gasteiger partial charge in [0.25, 0.3) is 0 Å². The van der Waals surface area contributed by atoms with E-state index in [0.29, 0.717) is 23.3 Å². The van der Waals surface area contributed by atoms with Crippen LogP contribution in [-0.2, 0) is 4.79 Å². The summed E-state index contributed by atoms with van der Waals surface area (Å²) in [5, 5.41) is 6.72. The first kappa shape index (κ1) is 16.8. The minimum Gasteiger partial charge on any atom is -0.356 e. The molecule has 1 heterocycles. The summed E-state index contributed by atoms with van der Waals surface area (Å²) in [5.41, 5.74) is 0.395. The summed E-state index contributed by atoms with van der Waals surface area (Å²) in [6.07, 6.45) is 7.05. The molecule has 2 rings (SSSR count). The minimum absolute atomic E-state index is 0.263. The Hall–Kier alpha value is -0.570. The summed E-state index contributed by atoms with van der Waals surface area (Å²) in [5.74, 6) is 1.97. The number of hydrogen-bond acceptors (Lipinski definition) is 2. The number of carbonyl (C=O) groups excluding carboxylic acids is 1. The van der Waals surface area contributed by atoms with Gasteiger partial charge in [0.05, 0.1) is 0 Å². The number of carbonyl (C=O) groups is 1. The van der Waals surface area contributed by atoms with Gasteiger partial charge in [-0.3, -0.25) is 4.79 Å². The molecule has 3 heteroatoms. The highest BCUT2D eigenvalue weighted by molar-refractivity contribution is 5.78. The zero-order valence-corrected chi connectivity index (χ0v) is 14.4. The van der Waals surface area contributed by atoms with Crippen LogP contribution in [0.3, 0.4) is 0 Å². The average Bonchev–Trinajstić information content (AvgIpc) is 2.45. The zero-order valence-electron chi connectivity index (χ0n) is 14.4. The molecule has 2 unspecified atom stereocenters. The molecular formula is C18H34N2O. The molecule has 0 aromatic rings. The van der Waals surface area contributed by atoms with Gasteiger partial charge in [-0.2, -0.15) is 0 Å². The Balaban J connectivity index is 1.68. The Morgan fingerprint density at radius 1 is 1.10 bits per heavy atom. The summed E-state index contributed by atoms with van der Waals surface area (Å²) < 4.78 is 0. The Bertz CT molecular complexity index is 332. The summed E-state index contributed by atoms with van der Waals surface area (Å²) in [4.78, 5) is 12.3. The van der Waals surface area contributed by atoms with E-state index in [2.05, 4.69) is 38.3 Å². The number of amides is 1. The van der Waals surface area contributed by atoms with Gasteiger partial charge in [-0.25, -0.2) is 0 Å². The topological polar surface area (TPSA) is 41.1 Å². The van der Waals surface area contributed by atoms with Gasteiger partial charge in [0.15, 0.2) is 0 Å². The van der Waals surface area contributed by atoms with Crippen LogP contribution in [0, 0.1) is 23.2 Å². The third-order valence-electron chi connectivity index (χ3n) is 5.65. The predicted octanol–water partition coefficient (Wildman–Crippen LogP) is 3.34. The minimum atomic E-state index is 0.263. The molecule has 1 aliphatic carbocycles. The third kappa shape index (κ3) is 4.98. The maximum absolute atomic E-state index is 12.3. The Kier molecular flexibility index (Phi) is 5.70. The lowest BCUT2D eigenvalue weighted by atomic mass is 9.69. The van der Waals surface area contributed by atoms with Crippen molar-refractivity contribution in [3.05, 3.63) is 0 Å². The Labute approximate surface area is 130 Å². The van der Waals surface area contributed by atoms with E-state index in [-0.39, 0.29) is 5.92 Å². The molecule has 2 fully saturated rings. The van der Waals surface area contributed by atoms with Crippen LogP contribution in [0.5, 0.6) is 0 Å². The molecule has 1 saturated heterocycles. The monoisotopic (exact) mass is 294 g/mol. The van der Waals surface area contributed by atoms with E-state index in [1.165, 1.54) is 25.7 Å². The van der Waals surface area contributed by atoms with Gasteiger partial charge in [0.2, 0.25) is 5.91 Å². The van der Waals surface area contributed by atoms with E-state index >= 15 is 0 Å². The van der Waals surface area contributed by atoms with Crippen LogP contribution in [0.2, 0.25) is 0 Å². The van der Waals surface area contributed by atoms with Crippen LogP contribution in [0.4, 0.5) is 0 Å². The molecule has 1 amide bonds. The summed E-state index contributed by atoms with van der Waals surface area (Å²) in [7, 11) is 0. The van der Waals surface area contributed by atoms with E-state index in [0.717, 1.165) is 31.8 Å². The number of rotatable bonds is 3. The first-order chi connectivity index (χ1) is 9.86. The maximum Gasteiger partial charge on any atom is 0.223 e. The van der Waals surface area contributed by atoms with Crippen molar-refractivity contribution in [3.63, 3.8) is 0 Å².